The molecular formula is C28H31F3N2O5. The average molecular weight is 533 g/mol. The number of nitrogens with zero attached hydrogens (tertiary/aromatic N) is 2. The Hall–Kier alpha value is -3.55. The summed E-state index contributed by atoms with van der Waals surface area (Å²) in [6.45, 7) is 6.40. The zero-order valence-electron chi connectivity index (χ0n) is 21.2. The van der Waals surface area contributed by atoms with Gasteiger partial charge in [0, 0.05) is 49.4 Å². The zero-order chi connectivity index (χ0) is 27.5. The van der Waals surface area contributed by atoms with Gasteiger partial charge in [-0.05, 0) is 67.3 Å². The van der Waals surface area contributed by atoms with E-state index in [-0.39, 0.29) is 5.91 Å². The molecule has 2 aliphatic rings. The SMILES string of the molecule is COc1ccc(C#Cc2ccc(C(=O)N3CCCC(CN4CCOCC4)C3)cc2)cc1.O=C(O)C(F)(F)F. The number of morpholine rings is 1. The van der Waals surface area contributed by atoms with Crippen LogP contribution in [0.5, 0.6) is 5.75 Å². The van der Waals surface area contributed by atoms with Crippen molar-refractivity contribution in [2.75, 3.05) is 53.0 Å². The van der Waals surface area contributed by atoms with Crippen LogP contribution in [0, 0.1) is 17.8 Å². The van der Waals surface area contributed by atoms with Gasteiger partial charge in [0.1, 0.15) is 5.75 Å². The highest BCUT2D eigenvalue weighted by Crippen LogP contribution is 2.20. The molecular weight excluding hydrogens is 501 g/mol. The highest BCUT2D eigenvalue weighted by atomic mass is 19.4. The number of piperidine rings is 1. The summed E-state index contributed by atoms with van der Waals surface area (Å²) in [6.07, 6.45) is -2.81. The lowest BCUT2D eigenvalue weighted by molar-refractivity contribution is -0.192. The van der Waals surface area contributed by atoms with E-state index in [1.165, 1.54) is 6.42 Å². The molecule has 0 spiro atoms. The third-order valence-corrected chi connectivity index (χ3v) is 6.24. The molecule has 2 aromatic carbocycles. The molecule has 0 radical (unpaired) electrons. The smallest absolute Gasteiger partial charge is 0.490 e. The number of alkyl halides is 3. The molecule has 0 aromatic heterocycles. The van der Waals surface area contributed by atoms with Gasteiger partial charge in [0.15, 0.2) is 0 Å². The second kappa shape index (κ2) is 13.8. The summed E-state index contributed by atoms with van der Waals surface area (Å²) in [7, 11) is 1.65. The van der Waals surface area contributed by atoms with Gasteiger partial charge in [-0.25, -0.2) is 4.79 Å². The van der Waals surface area contributed by atoms with Crippen LogP contribution in [0.15, 0.2) is 48.5 Å². The van der Waals surface area contributed by atoms with Gasteiger partial charge in [-0.15, -0.1) is 0 Å². The standard InChI is InChI=1S/C26H30N2O3.C2HF3O2/c1-30-25-12-8-22(9-13-25)5-4-21-6-10-24(11-7-21)26(29)28-14-2-3-23(20-28)19-27-15-17-31-18-16-27;3-2(4,5)1(6)7/h6-13,23H,2-3,14-20H2,1H3;(H,6,7). The Morgan fingerprint density at radius 2 is 1.55 bits per heavy atom. The Morgan fingerprint density at radius 3 is 2.08 bits per heavy atom. The van der Waals surface area contributed by atoms with Gasteiger partial charge in [0.05, 0.1) is 20.3 Å². The second-order valence-corrected chi connectivity index (χ2v) is 9.03. The molecule has 1 N–H and O–H groups in total. The third-order valence-electron chi connectivity index (χ3n) is 6.24. The molecule has 2 aromatic rings. The van der Waals surface area contributed by atoms with E-state index < -0.39 is 12.1 Å². The summed E-state index contributed by atoms with van der Waals surface area (Å²) in [5.41, 5.74) is 2.57. The summed E-state index contributed by atoms with van der Waals surface area (Å²) >= 11 is 0. The van der Waals surface area contributed by atoms with E-state index in [1.807, 2.05) is 53.4 Å². The number of aliphatic carboxylic acids is 1. The molecule has 7 nitrogen and oxygen atoms in total. The highest BCUT2D eigenvalue weighted by Gasteiger charge is 2.38. The maximum absolute atomic E-state index is 13.0. The van der Waals surface area contributed by atoms with E-state index in [2.05, 4.69) is 16.7 Å². The van der Waals surface area contributed by atoms with E-state index in [9.17, 15) is 18.0 Å². The first-order valence-electron chi connectivity index (χ1n) is 12.3. The van der Waals surface area contributed by atoms with Crippen molar-refractivity contribution < 1.29 is 37.3 Å². The molecule has 2 saturated heterocycles. The van der Waals surface area contributed by atoms with Gasteiger partial charge >= 0.3 is 12.1 Å². The van der Waals surface area contributed by atoms with Crippen molar-refractivity contribution in [2.45, 2.75) is 19.0 Å². The lowest BCUT2D eigenvalue weighted by Crippen LogP contribution is -2.46. The van der Waals surface area contributed by atoms with Crippen molar-refractivity contribution in [3.63, 3.8) is 0 Å². The Bertz CT molecular complexity index is 1120. The van der Waals surface area contributed by atoms with Crippen LogP contribution in [0.25, 0.3) is 0 Å². The molecule has 38 heavy (non-hydrogen) atoms. The third kappa shape index (κ3) is 9.08. The van der Waals surface area contributed by atoms with Gasteiger partial charge in [-0.2, -0.15) is 13.2 Å². The van der Waals surface area contributed by atoms with Crippen molar-refractivity contribution in [1.82, 2.24) is 9.80 Å². The predicted octanol–water partition coefficient (Wildman–Crippen LogP) is 3.91. The number of carboxylic acids is 1. The normalized spacial score (nSPS) is 17.9. The van der Waals surface area contributed by atoms with Crippen molar-refractivity contribution in [1.29, 1.82) is 0 Å². The van der Waals surface area contributed by atoms with Crippen LogP contribution in [0.2, 0.25) is 0 Å². The van der Waals surface area contributed by atoms with Crippen LogP contribution in [0.3, 0.4) is 0 Å². The fraction of sp³-hybridized carbons (Fsp3) is 0.429. The topological polar surface area (TPSA) is 79.3 Å². The van der Waals surface area contributed by atoms with Crippen molar-refractivity contribution in [3.05, 3.63) is 65.2 Å². The highest BCUT2D eigenvalue weighted by molar-refractivity contribution is 5.94. The molecule has 0 aliphatic carbocycles. The minimum atomic E-state index is -5.08. The lowest BCUT2D eigenvalue weighted by Gasteiger charge is -2.36. The molecule has 2 heterocycles. The number of ether oxygens (including phenoxy) is 2. The Labute approximate surface area is 220 Å². The molecule has 10 heteroatoms. The van der Waals surface area contributed by atoms with Crippen molar-refractivity contribution in [2.24, 2.45) is 5.92 Å². The van der Waals surface area contributed by atoms with Gasteiger partial charge in [-0.3, -0.25) is 9.69 Å². The number of amides is 1. The van der Waals surface area contributed by atoms with Crippen molar-refractivity contribution in [3.8, 4) is 17.6 Å². The number of hydrogen-bond acceptors (Lipinski definition) is 5. The van der Waals surface area contributed by atoms with Crippen LogP contribution < -0.4 is 4.74 Å². The zero-order valence-corrected chi connectivity index (χ0v) is 21.2. The van der Waals surface area contributed by atoms with Crippen molar-refractivity contribution >= 4 is 11.9 Å². The molecule has 1 atom stereocenters. The first kappa shape index (κ1) is 29.0. The van der Waals surface area contributed by atoms with Crippen LogP contribution in [0.4, 0.5) is 13.2 Å². The maximum Gasteiger partial charge on any atom is 0.490 e. The summed E-state index contributed by atoms with van der Waals surface area (Å²) in [4.78, 5) is 26.4. The number of benzene rings is 2. The number of carboxylic acid groups (broad SMARTS) is 1. The first-order valence-corrected chi connectivity index (χ1v) is 12.3. The van der Waals surface area contributed by atoms with Crippen LogP contribution in [-0.4, -0.2) is 86.0 Å². The van der Waals surface area contributed by atoms with E-state index in [4.69, 9.17) is 19.4 Å². The molecule has 2 aliphatic heterocycles. The minimum Gasteiger partial charge on any atom is -0.497 e. The molecule has 4 rings (SSSR count). The minimum absolute atomic E-state index is 0.126. The van der Waals surface area contributed by atoms with E-state index >= 15 is 0 Å². The first-order chi connectivity index (χ1) is 18.2. The summed E-state index contributed by atoms with van der Waals surface area (Å²) in [5, 5.41) is 7.12. The number of carbonyl (C=O) groups is 2. The number of methoxy groups -OCH3 is 1. The Balaban J connectivity index is 0.000000505. The average Bonchev–Trinajstić information content (AvgIpc) is 2.92. The maximum atomic E-state index is 13.0. The molecule has 1 amide bonds. The van der Waals surface area contributed by atoms with Gasteiger partial charge in [-0.1, -0.05) is 11.8 Å². The quantitative estimate of drug-likeness (QED) is 0.602. The van der Waals surface area contributed by atoms with E-state index in [1.54, 1.807) is 7.11 Å². The largest absolute Gasteiger partial charge is 0.497 e. The molecule has 204 valence electrons. The molecule has 0 saturated carbocycles. The van der Waals surface area contributed by atoms with Gasteiger partial charge in [0.25, 0.3) is 5.91 Å². The monoisotopic (exact) mass is 532 g/mol. The number of likely N-dealkylation sites (tertiary alicyclic amines) is 1. The fourth-order valence-electron chi connectivity index (χ4n) is 4.24. The number of rotatable bonds is 4. The second-order valence-electron chi connectivity index (χ2n) is 9.03. The number of hydrogen-bond donors (Lipinski definition) is 1. The Morgan fingerprint density at radius 1 is 1.00 bits per heavy atom. The van der Waals surface area contributed by atoms with Crippen LogP contribution in [0.1, 0.15) is 34.3 Å². The number of halogens is 3. The molecule has 2 fully saturated rings. The summed E-state index contributed by atoms with van der Waals surface area (Å²) < 4.78 is 42.4. The van der Waals surface area contributed by atoms with Gasteiger partial charge in [0.2, 0.25) is 0 Å². The van der Waals surface area contributed by atoms with Gasteiger partial charge < -0.3 is 19.5 Å². The van der Waals surface area contributed by atoms with E-state index in [0.717, 1.165) is 74.8 Å². The predicted molar refractivity (Wildman–Crippen MR) is 135 cm³/mol. The van der Waals surface area contributed by atoms with Crippen LogP contribution >= 0.6 is 0 Å². The summed E-state index contributed by atoms with van der Waals surface area (Å²) in [6, 6.07) is 15.3. The van der Waals surface area contributed by atoms with E-state index in [0.29, 0.717) is 5.92 Å². The molecule has 0 bridgehead atoms. The number of carbonyl (C=O) groups excluding carboxylic acids is 1. The Kier molecular flexibility index (Phi) is 10.6. The lowest BCUT2D eigenvalue weighted by atomic mass is 9.96. The fourth-order valence-corrected chi connectivity index (χ4v) is 4.24. The summed E-state index contributed by atoms with van der Waals surface area (Å²) in [5.74, 6) is 5.05. The van der Waals surface area contributed by atoms with Crippen LogP contribution in [-0.2, 0) is 9.53 Å². The molecule has 1 unspecified atom stereocenters.